The Hall–Kier alpha value is -3.17. The van der Waals surface area contributed by atoms with Gasteiger partial charge in [-0.25, -0.2) is 0 Å². The van der Waals surface area contributed by atoms with Gasteiger partial charge in [0.2, 0.25) is 11.5 Å². The van der Waals surface area contributed by atoms with Crippen LogP contribution in [-0.4, -0.2) is 52.8 Å². The third-order valence-corrected chi connectivity index (χ3v) is 7.14. The van der Waals surface area contributed by atoms with Crippen LogP contribution in [0.1, 0.15) is 62.1 Å². The summed E-state index contributed by atoms with van der Waals surface area (Å²) in [5.41, 5.74) is 2.40. The van der Waals surface area contributed by atoms with Gasteiger partial charge in [0.25, 0.3) is 5.91 Å². The van der Waals surface area contributed by atoms with E-state index in [9.17, 15) is 19.6 Å². The highest BCUT2D eigenvalue weighted by Crippen LogP contribution is 2.32. The topological polar surface area (TPSA) is 120 Å². The van der Waals surface area contributed by atoms with Gasteiger partial charge in [0.15, 0.2) is 0 Å². The Labute approximate surface area is 218 Å². The Morgan fingerprint density at radius 3 is 2.59 bits per heavy atom. The van der Waals surface area contributed by atoms with Gasteiger partial charge in [0, 0.05) is 12.8 Å². The molecule has 4 N–H and O–H groups in total. The lowest BCUT2D eigenvalue weighted by Crippen LogP contribution is -2.56. The lowest BCUT2D eigenvalue weighted by molar-refractivity contribution is -0.144. The Bertz CT molecular complexity index is 1120. The van der Waals surface area contributed by atoms with E-state index in [1.165, 1.54) is 5.56 Å². The molecule has 3 unspecified atom stereocenters. The summed E-state index contributed by atoms with van der Waals surface area (Å²) in [6.45, 7) is 4.07. The summed E-state index contributed by atoms with van der Waals surface area (Å²) in [5, 5.41) is 29.7. The van der Waals surface area contributed by atoms with Crippen LogP contribution >= 0.6 is 0 Å². The molecule has 1 aliphatic heterocycles. The molecule has 0 fully saturated rings. The summed E-state index contributed by atoms with van der Waals surface area (Å²) >= 11 is 0. The number of hydrogen-bond donors (Lipinski definition) is 4. The van der Waals surface area contributed by atoms with Crippen molar-refractivity contribution < 1.29 is 24.5 Å². The lowest BCUT2D eigenvalue weighted by atomic mass is 9.74. The van der Waals surface area contributed by atoms with Crippen molar-refractivity contribution in [3.8, 4) is 0 Å². The second kappa shape index (κ2) is 11.9. The minimum Gasteiger partial charge on any atom is -0.426 e. The van der Waals surface area contributed by atoms with E-state index in [2.05, 4.69) is 21.9 Å². The highest BCUT2D eigenvalue weighted by Gasteiger charge is 2.48. The van der Waals surface area contributed by atoms with Gasteiger partial charge in [-0.15, -0.1) is 0 Å². The van der Waals surface area contributed by atoms with Gasteiger partial charge in [0.05, 0.1) is 24.1 Å². The minimum absolute atomic E-state index is 0.0553. The van der Waals surface area contributed by atoms with Crippen molar-refractivity contribution >= 4 is 24.6 Å². The van der Waals surface area contributed by atoms with Gasteiger partial charge >= 0.3 is 7.12 Å². The van der Waals surface area contributed by atoms with Gasteiger partial charge in [-0.2, -0.15) is 0 Å². The van der Waals surface area contributed by atoms with Crippen LogP contribution in [0.2, 0.25) is 0 Å². The van der Waals surface area contributed by atoms with E-state index in [-0.39, 0.29) is 37.1 Å². The molecule has 0 aromatic heterocycles. The fourth-order valence-electron chi connectivity index (χ4n) is 5.26. The third-order valence-electron chi connectivity index (χ3n) is 7.14. The number of nitrogens with one attached hydrogen (secondary N) is 2. The van der Waals surface area contributed by atoms with Crippen molar-refractivity contribution in [2.75, 3.05) is 6.54 Å². The number of aryl methyl sites for hydroxylation is 1. The average molecular weight is 505 g/mol. The first-order valence-electron chi connectivity index (χ1n) is 13.1. The molecule has 3 atom stereocenters. The molecular weight excluding hydrogens is 469 g/mol. The van der Waals surface area contributed by atoms with E-state index >= 15 is 0 Å². The summed E-state index contributed by atoms with van der Waals surface area (Å²) in [4.78, 5) is 32.4. The second-order valence-electron chi connectivity index (χ2n) is 10.6. The predicted molar refractivity (Wildman–Crippen MR) is 143 cm³/mol. The number of nitrogens with zero attached hydrogens (tertiary/aromatic N) is 1. The smallest absolute Gasteiger partial charge is 0.426 e. The van der Waals surface area contributed by atoms with Gasteiger partial charge < -0.3 is 25.5 Å². The van der Waals surface area contributed by atoms with E-state index in [0.29, 0.717) is 12.1 Å². The molecule has 2 aromatic carbocycles. The second-order valence-corrected chi connectivity index (χ2v) is 10.6. The van der Waals surface area contributed by atoms with Gasteiger partial charge in [0.1, 0.15) is 0 Å². The van der Waals surface area contributed by atoms with Crippen LogP contribution in [0.4, 0.5) is 0 Å². The van der Waals surface area contributed by atoms with Crippen molar-refractivity contribution in [3.05, 3.63) is 71.3 Å². The van der Waals surface area contributed by atoms with E-state index in [1.54, 1.807) is 0 Å². The number of oxime groups is 1. The summed E-state index contributed by atoms with van der Waals surface area (Å²) in [5.74, 6) is -1.40. The molecule has 37 heavy (non-hydrogen) atoms. The van der Waals surface area contributed by atoms with Gasteiger partial charge in [-0.3, -0.25) is 9.59 Å². The first kappa shape index (κ1) is 26.9. The maximum absolute atomic E-state index is 13.5. The summed E-state index contributed by atoms with van der Waals surface area (Å²) in [7, 11) is -1.69. The average Bonchev–Trinajstić information content (AvgIpc) is 3.30. The molecular formula is C28H36BN3O5. The van der Waals surface area contributed by atoms with Crippen LogP contribution in [0, 0.1) is 5.92 Å². The summed E-state index contributed by atoms with van der Waals surface area (Å²) in [6, 6.07) is 17.6. The van der Waals surface area contributed by atoms with Crippen molar-refractivity contribution in [2.24, 2.45) is 11.1 Å². The van der Waals surface area contributed by atoms with Crippen LogP contribution in [0.3, 0.4) is 0 Å². The Kier molecular flexibility index (Phi) is 8.66. The maximum Gasteiger partial charge on any atom is 0.475 e. The molecule has 0 saturated heterocycles. The lowest BCUT2D eigenvalue weighted by Gasteiger charge is -2.29. The first-order valence-corrected chi connectivity index (χ1v) is 13.1. The summed E-state index contributed by atoms with van der Waals surface area (Å²) in [6.07, 6.45) is 3.59. The zero-order valence-corrected chi connectivity index (χ0v) is 21.5. The van der Waals surface area contributed by atoms with Crippen molar-refractivity contribution in [1.29, 1.82) is 0 Å². The normalized spacial score (nSPS) is 21.4. The fourth-order valence-corrected chi connectivity index (χ4v) is 5.26. The monoisotopic (exact) mass is 505 g/mol. The third kappa shape index (κ3) is 6.59. The number of amides is 2. The molecule has 1 aliphatic carbocycles. The van der Waals surface area contributed by atoms with Crippen molar-refractivity contribution in [1.82, 2.24) is 10.6 Å². The molecule has 1 heterocycles. The van der Waals surface area contributed by atoms with Crippen LogP contribution in [0.15, 0.2) is 59.8 Å². The maximum atomic E-state index is 13.5. The van der Waals surface area contributed by atoms with E-state index < -0.39 is 24.6 Å². The number of carbonyl (C=O) groups excluding carboxylic acids is 2. The predicted octanol–water partition coefficient (Wildman–Crippen LogP) is 2.52. The van der Waals surface area contributed by atoms with E-state index in [0.717, 1.165) is 30.4 Å². The Morgan fingerprint density at radius 2 is 1.86 bits per heavy atom. The standard InChI is InChI=1S/C28H36BN3O5/c1-19(2)15-25(29(35)36)31-27(34)28(16-20-9-4-3-5-10-20)17-22(32-37-28)18-30-26(33)24-14-8-12-21-11-6-7-13-23(21)24/h3-7,9-11,13,19,24-25,35-36H,8,12,14-18H2,1-2H3,(H,30,33)(H,31,34). The van der Waals surface area contributed by atoms with E-state index in [1.807, 2.05) is 62.4 Å². The van der Waals surface area contributed by atoms with Crippen LogP contribution in [0.5, 0.6) is 0 Å². The van der Waals surface area contributed by atoms with Gasteiger partial charge in [-0.1, -0.05) is 73.6 Å². The zero-order chi connectivity index (χ0) is 26.4. The highest BCUT2D eigenvalue weighted by molar-refractivity contribution is 6.43. The molecule has 2 aromatic rings. The number of benzene rings is 2. The van der Waals surface area contributed by atoms with Gasteiger partial charge in [-0.05, 0) is 48.3 Å². The highest BCUT2D eigenvalue weighted by atomic mass is 16.7. The minimum atomic E-state index is -1.69. The number of carbonyl (C=O) groups is 2. The first-order chi connectivity index (χ1) is 17.8. The Morgan fingerprint density at radius 1 is 1.14 bits per heavy atom. The van der Waals surface area contributed by atoms with Crippen LogP contribution in [0.25, 0.3) is 0 Å². The molecule has 0 radical (unpaired) electrons. The molecule has 2 amide bonds. The molecule has 9 heteroatoms. The van der Waals surface area contributed by atoms with Crippen LogP contribution < -0.4 is 10.6 Å². The SMILES string of the molecule is CC(C)CC(NC(=O)C1(Cc2ccccc2)CC(CNC(=O)C2CCCc3ccccc32)=NO1)B(O)O. The number of rotatable bonds is 10. The molecule has 196 valence electrons. The Balaban J connectivity index is 1.45. The summed E-state index contributed by atoms with van der Waals surface area (Å²) < 4.78 is 0. The largest absolute Gasteiger partial charge is 0.475 e. The quantitative estimate of drug-likeness (QED) is 0.370. The van der Waals surface area contributed by atoms with E-state index in [4.69, 9.17) is 4.84 Å². The molecule has 0 saturated carbocycles. The van der Waals surface area contributed by atoms with Crippen molar-refractivity contribution in [3.63, 3.8) is 0 Å². The molecule has 2 aliphatic rings. The molecule has 0 bridgehead atoms. The fraction of sp³-hybridized carbons (Fsp3) is 0.464. The number of fused-ring (bicyclic) bond motifs is 1. The molecule has 8 nitrogen and oxygen atoms in total. The molecule has 4 rings (SSSR count). The van der Waals surface area contributed by atoms with Crippen molar-refractivity contribution in [2.45, 2.75) is 69.8 Å². The molecule has 0 spiro atoms. The number of hydrogen-bond acceptors (Lipinski definition) is 6. The zero-order valence-electron chi connectivity index (χ0n) is 21.5. The van der Waals surface area contributed by atoms with Crippen LogP contribution in [-0.2, 0) is 27.3 Å².